The number of nitrogens with one attached hydrogen (secondary N) is 1. The third kappa shape index (κ3) is 2.91. The lowest BCUT2D eigenvalue weighted by molar-refractivity contribution is -0.136. The second kappa shape index (κ2) is 6.06. The highest BCUT2D eigenvalue weighted by atomic mass is 35.5. The molecule has 0 saturated heterocycles. The predicted octanol–water partition coefficient (Wildman–Crippen LogP) is 3.67. The number of hydrogen-bond donors (Lipinski definition) is 1. The lowest BCUT2D eigenvalue weighted by Gasteiger charge is -2.35. The second-order valence-electron chi connectivity index (χ2n) is 5.65. The van der Waals surface area contributed by atoms with Crippen LogP contribution in [0.25, 0.3) is 0 Å². The number of methoxy groups -OCH3 is 1. The molecule has 1 unspecified atom stereocenters. The van der Waals surface area contributed by atoms with E-state index >= 15 is 0 Å². The van der Waals surface area contributed by atoms with Gasteiger partial charge in [-0.15, -0.1) is 0 Å². The van der Waals surface area contributed by atoms with Gasteiger partial charge in [0.05, 0.1) is 28.8 Å². The average Bonchev–Trinajstić information content (AvgIpc) is 3.33. The molecule has 2 amide bonds. The standard InChI is InChI=1S/C16H16Cl2N2O3/c1-8-13(15(21)23-2)14(9-3-6-11(17)12(18)7-9)19-16(22)20(8)10-4-5-10/h3,6-7,10,14H,4-5H2,1-2H3,(H,19,22). The SMILES string of the molecule is COC(=O)C1=C(C)N(C2CC2)C(=O)NC1c1ccc(Cl)c(Cl)c1. The van der Waals surface area contributed by atoms with Gasteiger partial charge in [-0.1, -0.05) is 29.3 Å². The summed E-state index contributed by atoms with van der Waals surface area (Å²) < 4.78 is 4.92. The molecule has 1 saturated carbocycles. The van der Waals surface area contributed by atoms with Gasteiger partial charge in [-0.2, -0.15) is 0 Å². The zero-order chi connectivity index (χ0) is 16.7. The van der Waals surface area contributed by atoms with E-state index in [1.807, 2.05) is 0 Å². The van der Waals surface area contributed by atoms with Crippen LogP contribution in [0.15, 0.2) is 29.5 Å². The Balaban J connectivity index is 2.08. The normalized spacial score (nSPS) is 21.3. The Labute approximate surface area is 144 Å². The molecular formula is C16H16Cl2N2O3. The smallest absolute Gasteiger partial charge is 0.337 e. The van der Waals surface area contributed by atoms with Gasteiger partial charge in [-0.05, 0) is 37.5 Å². The van der Waals surface area contributed by atoms with Crippen molar-refractivity contribution in [2.45, 2.75) is 31.8 Å². The molecule has 5 nitrogen and oxygen atoms in total. The van der Waals surface area contributed by atoms with Crippen LogP contribution >= 0.6 is 23.2 Å². The van der Waals surface area contributed by atoms with Gasteiger partial charge in [0.25, 0.3) is 0 Å². The fourth-order valence-corrected chi connectivity index (χ4v) is 3.15. The summed E-state index contributed by atoms with van der Waals surface area (Å²) in [6.07, 6.45) is 1.88. The van der Waals surface area contributed by atoms with Crippen molar-refractivity contribution in [3.8, 4) is 0 Å². The predicted molar refractivity (Wildman–Crippen MR) is 87.3 cm³/mol. The Kier molecular flexibility index (Phi) is 4.25. The average molecular weight is 355 g/mol. The molecule has 0 spiro atoms. The first kappa shape index (κ1) is 16.1. The van der Waals surface area contributed by atoms with Gasteiger partial charge in [-0.3, -0.25) is 4.90 Å². The number of carbonyl (C=O) groups is 2. The number of hydrogen-bond acceptors (Lipinski definition) is 3. The number of esters is 1. The maximum absolute atomic E-state index is 12.4. The highest BCUT2D eigenvalue weighted by Gasteiger charge is 2.42. The van der Waals surface area contributed by atoms with Crippen LogP contribution < -0.4 is 5.32 Å². The zero-order valence-electron chi connectivity index (χ0n) is 12.7. The Morgan fingerprint density at radius 1 is 1.30 bits per heavy atom. The van der Waals surface area contributed by atoms with E-state index in [1.54, 1.807) is 30.0 Å². The maximum Gasteiger partial charge on any atom is 0.337 e. The van der Waals surface area contributed by atoms with Crippen LogP contribution in [-0.2, 0) is 9.53 Å². The third-order valence-corrected chi connectivity index (χ3v) is 4.86. The van der Waals surface area contributed by atoms with Gasteiger partial charge in [0.2, 0.25) is 0 Å². The van der Waals surface area contributed by atoms with E-state index in [4.69, 9.17) is 27.9 Å². The van der Waals surface area contributed by atoms with Crippen molar-refractivity contribution in [1.82, 2.24) is 10.2 Å². The number of benzene rings is 1. The molecule has 3 rings (SSSR count). The van der Waals surface area contributed by atoms with Crippen LogP contribution in [0.5, 0.6) is 0 Å². The molecule has 0 aromatic heterocycles. The maximum atomic E-state index is 12.4. The number of urea groups is 1. The lowest BCUT2D eigenvalue weighted by atomic mass is 9.95. The summed E-state index contributed by atoms with van der Waals surface area (Å²) in [6.45, 7) is 1.77. The summed E-state index contributed by atoms with van der Waals surface area (Å²) in [7, 11) is 1.33. The first-order valence-electron chi connectivity index (χ1n) is 7.27. The molecule has 1 aliphatic heterocycles. The van der Waals surface area contributed by atoms with Gasteiger partial charge >= 0.3 is 12.0 Å². The molecule has 2 aliphatic rings. The first-order chi connectivity index (χ1) is 10.9. The molecule has 1 aromatic rings. The van der Waals surface area contributed by atoms with Crippen molar-refractivity contribution in [3.05, 3.63) is 45.1 Å². The highest BCUT2D eigenvalue weighted by Crippen LogP contribution is 2.38. The Bertz CT molecular complexity index is 713. The fraction of sp³-hybridized carbons (Fsp3) is 0.375. The van der Waals surface area contributed by atoms with Crippen LogP contribution in [0.1, 0.15) is 31.4 Å². The number of amides is 2. The van der Waals surface area contributed by atoms with E-state index in [0.717, 1.165) is 12.8 Å². The van der Waals surface area contributed by atoms with Crippen molar-refractivity contribution >= 4 is 35.2 Å². The summed E-state index contributed by atoms with van der Waals surface area (Å²) >= 11 is 12.0. The lowest BCUT2D eigenvalue weighted by Crippen LogP contribution is -2.48. The summed E-state index contributed by atoms with van der Waals surface area (Å²) in [4.78, 5) is 26.4. The molecule has 1 aromatic carbocycles. The minimum atomic E-state index is -0.611. The Morgan fingerprint density at radius 3 is 2.57 bits per heavy atom. The second-order valence-corrected chi connectivity index (χ2v) is 6.46. The van der Waals surface area contributed by atoms with E-state index in [9.17, 15) is 9.59 Å². The summed E-state index contributed by atoms with van der Waals surface area (Å²) in [5, 5.41) is 3.65. The first-order valence-corrected chi connectivity index (χ1v) is 8.03. The van der Waals surface area contributed by atoms with Gasteiger partial charge in [0.1, 0.15) is 0 Å². The van der Waals surface area contributed by atoms with Gasteiger partial charge < -0.3 is 10.1 Å². The number of allylic oxidation sites excluding steroid dienone is 1. The monoisotopic (exact) mass is 354 g/mol. The molecule has 122 valence electrons. The van der Waals surface area contributed by atoms with Crippen molar-refractivity contribution in [2.75, 3.05) is 7.11 Å². The molecule has 0 bridgehead atoms. The number of carbonyl (C=O) groups excluding carboxylic acids is 2. The number of ether oxygens (including phenoxy) is 1. The Hall–Kier alpha value is -1.72. The third-order valence-electron chi connectivity index (χ3n) is 4.12. The molecule has 1 aliphatic carbocycles. The van der Waals surface area contributed by atoms with E-state index in [0.29, 0.717) is 26.9 Å². The number of halogens is 2. The van der Waals surface area contributed by atoms with Crippen LogP contribution in [0, 0.1) is 0 Å². The van der Waals surface area contributed by atoms with Crippen LogP contribution in [0.4, 0.5) is 4.79 Å². The van der Waals surface area contributed by atoms with E-state index in [-0.39, 0.29) is 12.1 Å². The van der Waals surface area contributed by atoms with E-state index < -0.39 is 12.0 Å². The quantitative estimate of drug-likeness (QED) is 0.842. The Morgan fingerprint density at radius 2 is 2.00 bits per heavy atom. The zero-order valence-corrected chi connectivity index (χ0v) is 14.2. The van der Waals surface area contributed by atoms with E-state index in [2.05, 4.69) is 5.32 Å². The summed E-state index contributed by atoms with van der Waals surface area (Å²) in [5.74, 6) is -0.468. The van der Waals surface area contributed by atoms with Crippen LogP contribution in [0.2, 0.25) is 10.0 Å². The van der Waals surface area contributed by atoms with Gasteiger partial charge in [-0.25, -0.2) is 9.59 Å². The fourth-order valence-electron chi connectivity index (χ4n) is 2.85. The minimum absolute atomic E-state index is 0.157. The van der Waals surface area contributed by atoms with Gasteiger partial charge in [0.15, 0.2) is 0 Å². The molecule has 1 N–H and O–H groups in total. The van der Waals surface area contributed by atoms with Crippen molar-refractivity contribution in [1.29, 1.82) is 0 Å². The van der Waals surface area contributed by atoms with Crippen LogP contribution in [-0.4, -0.2) is 30.1 Å². The van der Waals surface area contributed by atoms with Crippen LogP contribution in [0.3, 0.4) is 0 Å². The van der Waals surface area contributed by atoms with Gasteiger partial charge in [0, 0.05) is 11.7 Å². The molecular weight excluding hydrogens is 339 g/mol. The number of nitrogens with zero attached hydrogens (tertiary/aromatic N) is 1. The summed E-state index contributed by atoms with van der Waals surface area (Å²) in [6, 6.07) is 4.36. The highest BCUT2D eigenvalue weighted by molar-refractivity contribution is 6.42. The summed E-state index contributed by atoms with van der Waals surface area (Å²) in [5.41, 5.74) is 1.72. The molecule has 1 heterocycles. The number of rotatable bonds is 3. The topological polar surface area (TPSA) is 58.6 Å². The molecule has 1 atom stereocenters. The molecule has 0 radical (unpaired) electrons. The van der Waals surface area contributed by atoms with Crippen molar-refractivity contribution < 1.29 is 14.3 Å². The molecule has 23 heavy (non-hydrogen) atoms. The largest absolute Gasteiger partial charge is 0.466 e. The molecule has 7 heteroatoms. The van der Waals surface area contributed by atoms with Crippen molar-refractivity contribution in [3.63, 3.8) is 0 Å². The van der Waals surface area contributed by atoms with Crippen molar-refractivity contribution in [2.24, 2.45) is 0 Å². The molecule has 1 fully saturated rings. The minimum Gasteiger partial charge on any atom is -0.466 e. The van der Waals surface area contributed by atoms with E-state index in [1.165, 1.54) is 7.11 Å².